The topological polar surface area (TPSA) is 62.5 Å². The fourth-order valence-electron chi connectivity index (χ4n) is 1.60. The van der Waals surface area contributed by atoms with Crippen LogP contribution in [-0.2, 0) is 0 Å². The highest BCUT2D eigenvalue weighted by molar-refractivity contribution is 6.35. The molecule has 6 heteroatoms. The molecule has 0 fully saturated rings. The Hall–Kier alpha value is -1.49. The zero-order valence-corrected chi connectivity index (χ0v) is 11.3. The Balaban J connectivity index is 2.18. The van der Waals surface area contributed by atoms with E-state index in [1.165, 1.54) is 12.3 Å². The number of aliphatic hydroxyl groups excluding tert-OH is 1. The molecule has 2 N–H and O–H groups in total. The molecule has 0 saturated carbocycles. The summed E-state index contributed by atoms with van der Waals surface area (Å²) < 4.78 is 5.14. The predicted molar refractivity (Wildman–Crippen MR) is 72.5 cm³/mol. The number of halogens is 2. The smallest absolute Gasteiger partial charge is 0.253 e. The van der Waals surface area contributed by atoms with E-state index in [0.717, 1.165) is 0 Å². The van der Waals surface area contributed by atoms with Crippen LogP contribution in [0.3, 0.4) is 0 Å². The summed E-state index contributed by atoms with van der Waals surface area (Å²) in [6.45, 7) is -0.280. The Labute approximate surface area is 119 Å². The zero-order chi connectivity index (χ0) is 13.8. The lowest BCUT2D eigenvalue weighted by Crippen LogP contribution is -2.30. The first-order valence-corrected chi connectivity index (χ1v) is 6.27. The van der Waals surface area contributed by atoms with Crippen LogP contribution >= 0.6 is 23.2 Å². The Bertz CT molecular complexity index is 569. The highest BCUT2D eigenvalue weighted by Crippen LogP contribution is 2.22. The number of furan rings is 1. The van der Waals surface area contributed by atoms with Crippen molar-refractivity contribution in [1.29, 1.82) is 0 Å². The van der Waals surface area contributed by atoms with Gasteiger partial charge in [0, 0.05) is 5.02 Å². The van der Waals surface area contributed by atoms with Gasteiger partial charge in [-0.25, -0.2) is 0 Å². The second-order valence-electron chi connectivity index (χ2n) is 3.85. The van der Waals surface area contributed by atoms with Crippen LogP contribution in [0.4, 0.5) is 0 Å². The molecule has 0 spiro atoms. The monoisotopic (exact) mass is 299 g/mol. The third-order valence-electron chi connectivity index (χ3n) is 2.55. The number of nitrogens with one attached hydrogen (secondary N) is 1. The molecule has 0 aliphatic rings. The molecule has 1 amide bonds. The van der Waals surface area contributed by atoms with Gasteiger partial charge in [-0.15, -0.1) is 0 Å². The normalized spacial score (nSPS) is 12.2. The summed E-state index contributed by atoms with van der Waals surface area (Å²) in [5, 5.41) is 12.6. The van der Waals surface area contributed by atoms with Crippen molar-refractivity contribution in [3.8, 4) is 0 Å². The van der Waals surface area contributed by atoms with Crippen LogP contribution in [0.25, 0.3) is 0 Å². The molecule has 2 aromatic rings. The molecule has 100 valence electrons. The summed E-state index contributed by atoms with van der Waals surface area (Å²) in [6.07, 6.45) is 1.47. The van der Waals surface area contributed by atoms with Crippen molar-refractivity contribution < 1.29 is 14.3 Å². The van der Waals surface area contributed by atoms with E-state index < -0.39 is 11.9 Å². The summed E-state index contributed by atoms with van der Waals surface area (Å²) >= 11 is 11.8. The van der Waals surface area contributed by atoms with Gasteiger partial charge < -0.3 is 14.8 Å². The molecule has 1 unspecified atom stereocenters. The minimum absolute atomic E-state index is 0.249. The molecule has 0 aliphatic heterocycles. The highest BCUT2D eigenvalue weighted by atomic mass is 35.5. The summed E-state index contributed by atoms with van der Waals surface area (Å²) in [6, 6.07) is 7.32. The lowest BCUT2D eigenvalue weighted by molar-refractivity contribution is 0.0907. The number of hydrogen-bond acceptors (Lipinski definition) is 3. The van der Waals surface area contributed by atoms with Crippen LogP contribution < -0.4 is 5.32 Å². The van der Waals surface area contributed by atoms with E-state index in [0.29, 0.717) is 10.8 Å². The minimum Gasteiger partial charge on any atom is -0.467 e. The zero-order valence-electron chi connectivity index (χ0n) is 9.77. The molecule has 0 aliphatic carbocycles. The van der Waals surface area contributed by atoms with Crippen molar-refractivity contribution in [2.75, 3.05) is 6.61 Å². The van der Waals surface area contributed by atoms with Crippen molar-refractivity contribution in [2.45, 2.75) is 6.04 Å². The lowest BCUT2D eigenvalue weighted by atomic mass is 10.1. The number of carbonyl (C=O) groups is 1. The molecule has 0 saturated heterocycles. The molecule has 4 nitrogen and oxygen atoms in total. The van der Waals surface area contributed by atoms with Gasteiger partial charge in [0.15, 0.2) is 0 Å². The Morgan fingerprint density at radius 2 is 2.16 bits per heavy atom. The van der Waals surface area contributed by atoms with Gasteiger partial charge in [-0.2, -0.15) is 0 Å². The molecule has 1 aromatic carbocycles. The Morgan fingerprint density at radius 3 is 2.79 bits per heavy atom. The fourth-order valence-corrected chi connectivity index (χ4v) is 1.98. The van der Waals surface area contributed by atoms with E-state index in [-0.39, 0.29) is 17.2 Å². The third kappa shape index (κ3) is 3.29. The second kappa shape index (κ2) is 6.10. The molecule has 0 bridgehead atoms. The SMILES string of the molecule is O=C(NC(CO)c1ccco1)c1cc(Cl)ccc1Cl. The first-order chi connectivity index (χ1) is 9.11. The highest BCUT2D eigenvalue weighted by Gasteiger charge is 2.19. The van der Waals surface area contributed by atoms with Crippen molar-refractivity contribution >= 4 is 29.1 Å². The molecule has 1 atom stereocenters. The van der Waals surface area contributed by atoms with E-state index in [4.69, 9.17) is 27.6 Å². The minimum atomic E-state index is -0.627. The number of rotatable bonds is 4. The van der Waals surface area contributed by atoms with Crippen LogP contribution in [0.1, 0.15) is 22.2 Å². The Morgan fingerprint density at radius 1 is 1.37 bits per heavy atom. The standard InChI is InChI=1S/C13H11Cl2NO3/c14-8-3-4-10(15)9(6-8)13(18)16-11(7-17)12-2-1-5-19-12/h1-6,11,17H,7H2,(H,16,18). The van der Waals surface area contributed by atoms with Crippen LogP contribution in [0.5, 0.6) is 0 Å². The fraction of sp³-hybridized carbons (Fsp3) is 0.154. The van der Waals surface area contributed by atoms with E-state index in [1.54, 1.807) is 24.3 Å². The van der Waals surface area contributed by atoms with Gasteiger partial charge in [-0.05, 0) is 30.3 Å². The first kappa shape index (κ1) is 13.9. The average molecular weight is 300 g/mol. The van der Waals surface area contributed by atoms with Crippen molar-refractivity contribution in [3.63, 3.8) is 0 Å². The van der Waals surface area contributed by atoms with E-state index in [1.807, 2.05) is 0 Å². The number of hydrogen-bond donors (Lipinski definition) is 2. The number of carbonyl (C=O) groups excluding carboxylic acids is 1. The van der Waals surface area contributed by atoms with Gasteiger partial charge in [0.2, 0.25) is 0 Å². The molecule has 1 heterocycles. The lowest BCUT2D eigenvalue weighted by Gasteiger charge is -2.14. The molecular weight excluding hydrogens is 289 g/mol. The largest absolute Gasteiger partial charge is 0.467 e. The average Bonchev–Trinajstić information content (AvgIpc) is 2.92. The van der Waals surface area contributed by atoms with Crippen LogP contribution in [0.2, 0.25) is 10.0 Å². The third-order valence-corrected chi connectivity index (χ3v) is 3.11. The molecule has 19 heavy (non-hydrogen) atoms. The Kier molecular flexibility index (Phi) is 4.47. The maximum Gasteiger partial charge on any atom is 0.253 e. The van der Waals surface area contributed by atoms with Crippen molar-refractivity contribution in [1.82, 2.24) is 5.32 Å². The van der Waals surface area contributed by atoms with Gasteiger partial charge in [0.1, 0.15) is 11.8 Å². The molecule has 2 rings (SSSR count). The quantitative estimate of drug-likeness (QED) is 0.912. The second-order valence-corrected chi connectivity index (χ2v) is 4.69. The number of aliphatic hydroxyl groups is 1. The van der Waals surface area contributed by atoms with Crippen LogP contribution in [-0.4, -0.2) is 17.6 Å². The maximum absolute atomic E-state index is 12.1. The van der Waals surface area contributed by atoms with E-state index >= 15 is 0 Å². The summed E-state index contributed by atoms with van der Waals surface area (Å²) in [5.41, 5.74) is 0.249. The van der Waals surface area contributed by atoms with Crippen LogP contribution in [0.15, 0.2) is 41.0 Å². The maximum atomic E-state index is 12.1. The molecular formula is C13H11Cl2NO3. The predicted octanol–water partition coefficient (Wildman–Crippen LogP) is 3.05. The van der Waals surface area contributed by atoms with E-state index in [9.17, 15) is 9.90 Å². The number of amides is 1. The summed E-state index contributed by atoms with van der Waals surface area (Å²) in [4.78, 5) is 12.1. The number of benzene rings is 1. The van der Waals surface area contributed by atoms with Crippen molar-refractivity contribution in [3.05, 3.63) is 58.0 Å². The van der Waals surface area contributed by atoms with Gasteiger partial charge in [0.05, 0.1) is 23.5 Å². The van der Waals surface area contributed by atoms with Gasteiger partial charge in [0.25, 0.3) is 5.91 Å². The van der Waals surface area contributed by atoms with Gasteiger partial charge in [-0.1, -0.05) is 23.2 Å². The molecule has 0 radical (unpaired) electrons. The van der Waals surface area contributed by atoms with E-state index in [2.05, 4.69) is 5.32 Å². The van der Waals surface area contributed by atoms with Gasteiger partial charge >= 0.3 is 0 Å². The first-order valence-electron chi connectivity index (χ1n) is 5.52. The summed E-state index contributed by atoms with van der Waals surface area (Å²) in [7, 11) is 0. The molecule has 1 aromatic heterocycles. The summed E-state index contributed by atoms with van der Waals surface area (Å²) in [5.74, 6) is 0.0388. The van der Waals surface area contributed by atoms with Crippen molar-refractivity contribution in [2.24, 2.45) is 0 Å². The van der Waals surface area contributed by atoms with Crippen LogP contribution in [0, 0.1) is 0 Å². The van der Waals surface area contributed by atoms with Gasteiger partial charge in [-0.3, -0.25) is 4.79 Å².